The van der Waals surface area contributed by atoms with Gasteiger partial charge in [-0.2, -0.15) is 5.10 Å². The first-order valence-corrected chi connectivity index (χ1v) is 8.02. The molecule has 0 saturated heterocycles. The number of benzene rings is 2. The molecule has 2 aromatic carbocycles. The topological polar surface area (TPSA) is 59.3 Å². The van der Waals surface area contributed by atoms with Gasteiger partial charge in [0.05, 0.1) is 16.7 Å². The third kappa shape index (κ3) is 2.48. The molecule has 120 valence electrons. The second-order valence-corrected chi connectivity index (χ2v) is 6.18. The van der Waals surface area contributed by atoms with Gasteiger partial charge >= 0.3 is 0 Å². The number of imidazole rings is 1. The largest absolute Gasteiger partial charge is 0.299 e. The van der Waals surface area contributed by atoms with Crippen LogP contribution in [0, 0.1) is 13.8 Å². The van der Waals surface area contributed by atoms with E-state index in [1.165, 1.54) is 11.1 Å². The van der Waals surface area contributed by atoms with E-state index in [-0.39, 0.29) is 5.91 Å². The van der Waals surface area contributed by atoms with E-state index in [2.05, 4.69) is 58.2 Å². The third-order valence-corrected chi connectivity index (χ3v) is 4.55. The first-order chi connectivity index (χ1) is 11.6. The summed E-state index contributed by atoms with van der Waals surface area (Å²) in [7, 11) is 0. The average molecular weight is 318 g/mol. The first kappa shape index (κ1) is 14.6. The van der Waals surface area contributed by atoms with E-state index in [1.54, 1.807) is 0 Å². The molecule has 1 N–H and O–H groups in total. The van der Waals surface area contributed by atoms with Crippen LogP contribution in [0.3, 0.4) is 0 Å². The number of hydrogen-bond acceptors (Lipinski definition) is 3. The van der Waals surface area contributed by atoms with Crippen molar-refractivity contribution in [3.05, 3.63) is 59.4 Å². The summed E-state index contributed by atoms with van der Waals surface area (Å²) in [6, 6.07) is 12.5. The number of aryl methyl sites for hydroxylation is 2. The summed E-state index contributed by atoms with van der Waals surface area (Å²) in [5.74, 6) is -0.0223. The molecular weight excluding hydrogens is 300 g/mol. The van der Waals surface area contributed by atoms with Gasteiger partial charge in [0.25, 0.3) is 0 Å². The highest BCUT2D eigenvalue weighted by Crippen LogP contribution is 2.22. The highest BCUT2D eigenvalue weighted by Gasteiger charge is 2.13. The summed E-state index contributed by atoms with van der Waals surface area (Å²) in [4.78, 5) is 15.7. The second-order valence-electron chi connectivity index (χ2n) is 6.18. The quantitative estimate of drug-likeness (QED) is 0.788. The SMILES string of the molecule is Cc1cc2ncn(-c3ccc(C4=NNC(=O)CC4)cc3)c2cc1C. The van der Waals surface area contributed by atoms with Crippen molar-refractivity contribution in [3.8, 4) is 5.69 Å². The van der Waals surface area contributed by atoms with Crippen LogP contribution >= 0.6 is 0 Å². The van der Waals surface area contributed by atoms with E-state index in [1.807, 2.05) is 18.5 Å². The number of hydrazone groups is 1. The van der Waals surface area contributed by atoms with Crippen molar-refractivity contribution in [2.75, 3.05) is 0 Å². The Morgan fingerprint density at radius 2 is 1.79 bits per heavy atom. The smallest absolute Gasteiger partial charge is 0.240 e. The molecule has 0 saturated carbocycles. The van der Waals surface area contributed by atoms with Gasteiger partial charge in [0.15, 0.2) is 0 Å². The lowest BCUT2D eigenvalue weighted by Gasteiger charge is -2.13. The molecular formula is C19H18N4O. The van der Waals surface area contributed by atoms with Gasteiger partial charge in [-0.1, -0.05) is 12.1 Å². The van der Waals surface area contributed by atoms with Crippen molar-refractivity contribution in [3.63, 3.8) is 0 Å². The van der Waals surface area contributed by atoms with Gasteiger partial charge in [-0.15, -0.1) is 0 Å². The van der Waals surface area contributed by atoms with Crippen LogP contribution in [0.1, 0.15) is 29.5 Å². The number of aromatic nitrogens is 2. The monoisotopic (exact) mass is 318 g/mol. The fourth-order valence-corrected chi connectivity index (χ4v) is 2.97. The maximum absolute atomic E-state index is 11.2. The molecule has 1 aliphatic rings. The van der Waals surface area contributed by atoms with Crippen molar-refractivity contribution < 1.29 is 4.79 Å². The Bertz CT molecular complexity index is 967. The van der Waals surface area contributed by atoms with Gasteiger partial charge in [0.1, 0.15) is 6.33 Å². The molecule has 3 aromatic rings. The molecule has 1 aliphatic heterocycles. The number of hydrogen-bond donors (Lipinski definition) is 1. The van der Waals surface area contributed by atoms with Gasteiger partial charge in [-0.3, -0.25) is 9.36 Å². The molecule has 24 heavy (non-hydrogen) atoms. The van der Waals surface area contributed by atoms with Gasteiger partial charge in [-0.25, -0.2) is 10.4 Å². The Morgan fingerprint density at radius 1 is 1.04 bits per heavy atom. The number of rotatable bonds is 2. The Kier molecular flexibility index (Phi) is 3.41. The zero-order valence-corrected chi connectivity index (χ0v) is 13.7. The molecule has 0 radical (unpaired) electrons. The average Bonchev–Trinajstić information content (AvgIpc) is 2.99. The van der Waals surface area contributed by atoms with Crippen molar-refractivity contribution in [1.82, 2.24) is 15.0 Å². The van der Waals surface area contributed by atoms with Crippen LogP contribution in [0.5, 0.6) is 0 Å². The number of nitrogens with one attached hydrogen (secondary N) is 1. The molecule has 5 nitrogen and oxygen atoms in total. The van der Waals surface area contributed by atoms with Crippen LogP contribution in [-0.4, -0.2) is 21.2 Å². The van der Waals surface area contributed by atoms with Gasteiger partial charge in [0.2, 0.25) is 5.91 Å². The Morgan fingerprint density at radius 3 is 2.50 bits per heavy atom. The fourth-order valence-electron chi connectivity index (χ4n) is 2.97. The van der Waals surface area contributed by atoms with Crippen LogP contribution in [0.2, 0.25) is 0 Å². The first-order valence-electron chi connectivity index (χ1n) is 8.02. The number of fused-ring (bicyclic) bond motifs is 1. The van der Waals surface area contributed by atoms with Crippen molar-refractivity contribution in [1.29, 1.82) is 0 Å². The van der Waals surface area contributed by atoms with E-state index in [0.29, 0.717) is 12.8 Å². The molecule has 0 spiro atoms. The van der Waals surface area contributed by atoms with Gasteiger partial charge in [0, 0.05) is 18.5 Å². The molecule has 0 unspecified atom stereocenters. The minimum Gasteiger partial charge on any atom is -0.299 e. The van der Waals surface area contributed by atoms with Crippen molar-refractivity contribution >= 4 is 22.7 Å². The summed E-state index contributed by atoms with van der Waals surface area (Å²) in [6.45, 7) is 4.22. The van der Waals surface area contributed by atoms with E-state index in [0.717, 1.165) is 28.0 Å². The summed E-state index contributed by atoms with van der Waals surface area (Å²) in [6.07, 6.45) is 3.03. The standard InChI is InChI=1S/C19H18N4O/c1-12-9-17-18(10-13(12)2)23(11-20-17)15-5-3-14(4-6-15)16-7-8-19(24)22-21-16/h3-6,9-11H,7-8H2,1-2H3,(H,22,24). The van der Waals surface area contributed by atoms with Gasteiger partial charge < -0.3 is 0 Å². The Hall–Kier alpha value is -2.95. The van der Waals surface area contributed by atoms with Crippen LogP contribution in [-0.2, 0) is 4.79 Å². The van der Waals surface area contributed by atoms with Crippen LogP contribution in [0.4, 0.5) is 0 Å². The maximum atomic E-state index is 11.2. The Balaban J connectivity index is 1.71. The molecule has 1 amide bonds. The molecule has 4 rings (SSSR count). The zero-order chi connectivity index (χ0) is 16.7. The second kappa shape index (κ2) is 5.60. The van der Waals surface area contributed by atoms with Gasteiger partial charge in [-0.05, 0) is 54.8 Å². The number of carbonyl (C=O) groups excluding carboxylic acids is 1. The predicted octanol–water partition coefficient (Wildman–Crippen LogP) is 3.26. The highest BCUT2D eigenvalue weighted by atomic mass is 16.2. The maximum Gasteiger partial charge on any atom is 0.240 e. The highest BCUT2D eigenvalue weighted by molar-refractivity contribution is 6.04. The molecule has 0 fully saturated rings. The molecule has 1 aromatic heterocycles. The summed E-state index contributed by atoms with van der Waals surface area (Å²) in [5, 5.41) is 4.14. The summed E-state index contributed by atoms with van der Waals surface area (Å²) >= 11 is 0. The van der Waals surface area contributed by atoms with Crippen LogP contribution in [0.15, 0.2) is 47.8 Å². The van der Waals surface area contributed by atoms with E-state index in [9.17, 15) is 4.79 Å². The molecule has 0 aliphatic carbocycles. The van der Waals surface area contributed by atoms with E-state index < -0.39 is 0 Å². The van der Waals surface area contributed by atoms with E-state index >= 15 is 0 Å². The minimum atomic E-state index is -0.0223. The summed E-state index contributed by atoms with van der Waals surface area (Å²) in [5.41, 5.74) is 10.2. The molecule has 0 atom stereocenters. The molecule has 2 heterocycles. The lowest BCUT2D eigenvalue weighted by molar-refractivity contribution is -0.121. The summed E-state index contributed by atoms with van der Waals surface area (Å²) < 4.78 is 2.09. The zero-order valence-electron chi connectivity index (χ0n) is 13.7. The van der Waals surface area contributed by atoms with Crippen molar-refractivity contribution in [2.45, 2.75) is 26.7 Å². The fraction of sp³-hybridized carbons (Fsp3) is 0.211. The van der Waals surface area contributed by atoms with Crippen LogP contribution < -0.4 is 5.43 Å². The van der Waals surface area contributed by atoms with Crippen molar-refractivity contribution in [2.24, 2.45) is 5.10 Å². The minimum absolute atomic E-state index is 0.0223. The lowest BCUT2D eigenvalue weighted by Crippen LogP contribution is -2.25. The Labute approximate surface area is 140 Å². The molecule has 0 bridgehead atoms. The number of amides is 1. The van der Waals surface area contributed by atoms with Crippen LogP contribution in [0.25, 0.3) is 16.7 Å². The number of carbonyl (C=O) groups is 1. The lowest BCUT2D eigenvalue weighted by atomic mass is 10.0. The number of nitrogens with zero attached hydrogens (tertiary/aromatic N) is 3. The third-order valence-electron chi connectivity index (χ3n) is 4.55. The normalized spacial score (nSPS) is 14.6. The predicted molar refractivity (Wildman–Crippen MR) is 94.5 cm³/mol. The van der Waals surface area contributed by atoms with E-state index in [4.69, 9.17) is 0 Å². The molecule has 5 heteroatoms.